The summed E-state index contributed by atoms with van der Waals surface area (Å²) in [5, 5.41) is 8.53. The van der Waals surface area contributed by atoms with Gasteiger partial charge in [-0.3, -0.25) is 5.10 Å². The second kappa shape index (κ2) is 4.05. The second-order valence-electron chi connectivity index (χ2n) is 4.13. The average Bonchev–Trinajstić information content (AvgIpc) is 2.62. The molecule has 0 aliphatic carbocycles. The minimum atomic E-state index is 0.684. The molecule has 0 fully saturated rings. The van der Waals surface area contributed by atoms with Crippen molar-refractivity contribution in [1.82, 2.24) is 10.2 Å². The molecule has 2 nitrogen and oxygen atoms in total. The highest BCUT2D eigenvalue weighted by molar-refractivity contribution is 5.81. The number of H-pyrrole nitrogens is 1. The Labute approximate surface area is 90.7 Å². The van der Waals surface area contributed by atoms with Crippen LogP contribution in [0.4, 0.5) is 0 Å². The molecule has 0 saturated heterocycles. The molecule has 0 amide bonds. The molecule has 2 rings (SSSR count). The molecule has 0 aliphatic rings. The fourth-order valence-corrected chi connectivity index (χ4v) is 2.18. The number of aromatic nitrogens is 2. The highest BCUT2D eigenvalue weighted by Crippen LogP contribution is 2.26. The van der Waals surface area contributed by atoms with E-state index in [1.54, 1.807) is 0 Å². The molecule has 0 atom stereocenters. The van der Waals surface area contributed by atoms with Crippen molar-refractivity contribution in [2.45, 2.75) is 39.5 Å². The van der Waals surface area contributed by atoms with Crippen molar-refractivity contribution in [2.75, 3.05) is 0 Å². The Morgan fingerprint density at radius 2 is 2.00 bits per heavy atom. The van der Waals surface area contributed by atoms with Gasteiger partial charge in [-0.05, 0) is 43.4 Å². The maximum atomic E-state index is 4.22. The molecule has 1 heterocycles. The van der Waals surface area contributed by atoms with E-state index in [0.717, 1.165) is 11.2 Å². The third-order valence-electron chi connectivity index (χ3n) is 3.23. The fraction of sp³-hybridized carbons (Fsp3) is 0.462. The second-order valence-corrected chi connectivity index (χ2v) is 4.13. The molecule has 1 N–H and O–H groups in total. The summed E-state index contributed by atoms with van der Waals surface area (Å²) in [6, 6.07) is 6.65. The van der Waals surface area contributed by atoms with Crippen molar-refractivity contribution in [3.05, 3.63) is 29.5 Å². The van der Waals surface area contributed by atoms with Gasteiger partial charge in [0, 0.05) is 5.39 Å². The van der Waals surface area contributed by atoms with E-state index in [1.807, 2.05) is 0 Å². The number of benzene rings is 1. The molecule has 80 valence electrons. The molecule has 1 aromatic heterocycles. The molecule has 15 heavy (non-hydrogen) atoms. The normalized spacial score (nSPS) is 11.5. The van der Waals surface area contributed by atoms with Crippen LogP contribution in [0.5, 0.6) is 0 Å². The lowest BCUT2D eigenvalue weighted by Crippen LogP contribution is -1.94. The van der Waals surface area contributed by atoms with Gasteiger partial charge >= 0.3 is 0 Å². The molecule has 0 unspecified atom stereocenters. The van der Waals surface area contributed by atoms with E-state index in [-0.39, 0.29) is 0 Å². The number of hydrogen-bond donors (Lipinski definition) is 1. The van der Waals surface area contributed by atoms with Crippen LogP contribution in [-0.4, -0.2) is 10.2 Å². The molecular weight excluding hydrogens is 184 g/mol. The van der Waals surface area contributed by atoms with E-state index < -0.39 is 0 Å². The SMILES string of the molecule is CCC(CC)c1ccc2[nH]nc(C)c2c1. The van der Waals surface area contributed by atoms with Crippen LogP contribution in [0, 0.1) is 6.92 Å². The van der Waals surface area contributed by atoms with Gasteiger partial charge in [0.1, 0.15) is 0 Å². The van der Waals surface area contributed by atoms with Gasteiger partial charge in [0.05, 0.1) is 11.2 Å². The van der Waals surface area contributed by atoms with E-state index in [2.05, 4.69) is 49.2 Å². The van der Waals surface area contributed by atoms with Crippen LogP contribution in [0.25, 0.3) is 10.9 Å². The van der Waals surface area contributed by atoms with Crippen molar-refractivity contribution in [1.29, 1.82) is 0 Å². The zero-order valence-corrected chi connectivity index (χ0v) is 9.67. The predicted octanol–water partition coefficient (Wildman–Crippen LogP) is 3.77. The Balaban J connectivity index is 2.49. The molecule has 0 bridgehead atoms. The van der Waals surface area contributed by atoms with E-state index in [0.29, 0.717) is 5.92 Å². The van der Waals surface area contributed by atoms with Crippen LogP contribution in [0.3, 0.4) is 0 Å². The van der Waals surface area contributed by atoms with Gasteiger partial charge in [-0.2, -0.15) is 5.10 Å². The van der Waals surface area contributed by atoms with E-state index in [9.17, 15) is 0 Å². The maximum absolute atomic E-state index is 4.22. The number of rotatable bonds is 3. The summed E-state index contributed by atoms with van der Waals surface area (Å²) in [6.45, 7) is 6.55. The number of fused-ring (bicyclic) bond motifs is 1. The van der Waals surface area contributed by atoms with Gasteiger partial charge in [-0.1, -0.05) is 19.9 Å². The summed E-state index contributed by atoms with van der Waals surface area (Å²) in [5.41, 5.74) is 3.68. The minimum Gasteiger partial charge on any atom is -0.278 e. The van der Waals surface area contributed by atoms with Gasteiger partial charge in [-0.15, -0.1) is 0 Å². The molecule has 0 aliphatic heterocycles. The lowest BCUT2D eigenvalue weighted by atomic mass is 9.93. The minimum absolute atomic E-state index is 0.684. The van der Waals surface area contributed by atoms with Gasteiger partial charge < -0.3 is 0 Å². The predicted molar refractivity (Wildman–Crippen MR) is 64.2 cm³/mol. The number of hydrogen-bond acceptors (Lipinski definition) is 1. The molecule has 0 spiro atoms. The third-order valence-corrected chi connectivity index (χ3v) is 3.23. The number of aromatic amines is 1. The summed E-state index contributed by atoms with van der Waals surface area (Å²) >= 11 is 0. The van der Waals surface area contributed by atoms with Crippen LogP contribution in [0.2, 0.25) is 0 Å². The fourth-order valence-electron chi connectivity index (χ4n) is 2.18. The summed E-state index contributed by atoms with van der Waals surface area (Å²) in [5.74, 6) is 0.684. The van der Waals surface area contributed by atoms with Crippen LogP contribution < -0.4 is 0 Å². The van der Waals surface area contributed by atoms with Crippen LogP contribution in [-0.2, 0) is 0 Å². The van der Waals surface area contributed by atoms with Gasteiger partial charge in [0.25, 0.3) is 0 Å². The number of nitrogens with one attached hydrogen (secondary N) is 1. The Bertz CT molecular complexity index is 453. The Morgan fingerprint density at radius 3 is 2.67 bits per heavy atom. The number of nitrogens with zero attached hydrogens (tertiary/aromatic N) is 1. The molecule has 2 heteroatoms. The third kappa shape index (κ3) is 1.76. The summed E-state index contributed by atoms with van der Waals surface area (Å²) in [6.07, 6.45) is 2.41. The average molecular weight is 202 g/mol. The summed E-state index contributed by atoms with van der Waals surface area (Å²) < 4.78 is 0. The quantitative estimate of drug-likeness (QED) is 0.806. The van der Waals surface area contributed by atoms with E-state index >= 15 is 0 Å². The van der Waals surface area contributed by atoms with Gasteiger partial charge in [0.2, 0.25) is 0 Å². The lowest BCUT2D eigenvalue weighted by Gasteiger charge is -2.12. The molecular formula is C13H18N2. The molecule has 1 aromatic carbocycles. The first kappa shape index (κ1) is 10.2. The molecule has 0 radical (unpaired) electrons. The maximum Gasteiger partial charge on any atom is 0.0670 e. The van der Waals surface area contributed by atoms with Gasteiger partial charge in [0.15, 0.2) is 0 Å². The first-order valence-electron chi connectivity index (χ1n) is 5.70. The molecule has 0 saturated carbocycles. The zero-order chi connectivity index (χ0) is 10.8. The largest absolute Gasteiger partial charge is 0.278 e. The molecule has 2 aromatic rings. The number of aryl methyl sites for hydroxylation is 1. The monoisotopic (exact) mass is 202 g/mol. The smallest absolute Gasteiger partial charge is 0.0670 e. The first-order chi connectivity index (χ1) is 7.26. The first-order valence-corrected chi connectivity index (χ1v) is 5.70. The van der Waals surface area contributed by atoms with Gasteiger partial charge in [-0.25, -0.2) is 0 Å². The van der Waals surface area contributed by atoms with E-state index in [4.69, 9.17) is 0 Å². The summed E-state index contributed by atoms with van der Waals surface area (Å²) in [7, 11) is 0. The lowest BCUT2D eigenvalue weighted by molar-refractivity contribution is 0.642. The summed E-state index contributed by atoms with van der Waals surface area (Å²) in [4.78, 5) is 0. The van der Waals surface area contributed by atoms with Crippen molar-refractivity contribution >= 4 is 10.9 Å². The van der Waals surface area contributed by atoms with Crippen molar-refractivity contribution < 1.29 is 0 Å². The van der Waals surface area contributed by atoms with Crippen LogP contribution in [0.15, 0.2) is 18.2 Å². The zero-order valence-electron chi connectivity index (χ0n) is 9.67. The van der Waals surface area contributed by atoms with Crippen molar-refractivity contribution in [2.24, 2.45) is 0 Å². The van der Waals surface area contributed by atoms with Crippen LogP contribution in [0.1, 0.15) is 43.9 Å². The van der Waals surface area contributed by atoms with Crippen LogP contribution >= 0.6 is 0 Å². The highest BCUT2D eigenvalue weighted by Gasteiger charge is 2.09. The Kier molecular flexibility index (Phi) is 2.76. The van der Waals surface area contributed by atoms with Crippen molar-refractivity contribution in [3.8, 4) is 0 Å². The van der Waals surface area contributed by atoms with Crippen molar-refractivity contribution in [3.63, 3.8) is 0 Å². The Morgan fingerprint density at radius 1 is 1.27 bits per heavy atom. The topological polar surface area (TPSA) is 28.7 Å². The standard InChI is InChI=1S/C13H18N2/c1-4-10(5-2)11-6-7-13-12(8-11)9(3)14-15-13/h6-8,10H,4-5H2,1-3H3,(H,14,15). The highest BCUT2D eigenvalue weighted by atomic mass is 15.1. The van der Waals surface area contributed by atoms with E-state index in [1.165, 1.54) is 23.8 Å². The Hall–Kier alpha value is -1.31.